The number of hydrogen-bond acceptors (Lipinski definition) is 16. The number of aromatic nitrogens is 8. The smallest absolute Gasteiger partial charge is 0.382 e. The summed E-state index contributed by atoms with van der Waals surface area (Å²) in [7, 11) is -3.29. The molecule has 1 unspecified atom stereocenters. The summed E-state index contributed by atoms with van der Waals surface area (Å²) in [6.07, 6.45) is 14.1. The van der Waals surface area contributed by atoms with Crippen LogP contribution in [0.1, 0.15) is 150 Å². The molecular formula is C46H75FN11O9P. The molecule has 20 nitrogen and oxygen atoms in total. The van der Waals surface area contributed by atoms with Gasteiger partial charge in [-0.05, 0) is 34.1 Å². The number of carbonyl (C=O) groups is 1. The Kier molecular flexibility index (Phi) is 20.2. The SMILES string of the molecule is CCCCCCCCCCCCCCCCCN(C[C@H]1O[C@@H](n2cnc3c(N)ncnc32)[C@H](OC)[C@@H]1OP(=O)(O)OC(C)C)C(=O)C[C@H]1[C@@H](F)[C@H](n2cnc3c(N)ncnc32)O[C@@H]1COC(C)C. The Hall–Kier alpha value is -3.95. The van der Waals surface area contributed by atoms with Gasteiger partial charge in [0.2, 0.25) is 5.91 Å². The molecule has 0 aliphatic carbocycles. The number of hydrogen-bond donors (Lipinski definition) is 3. The van der Waals surface area contributed by atoms with Gasteiger partial charge >= 0.3 is 7.82 Å². The number of halogens is 1. The van der Waals surface area contributed by atoms with Crippen molar-refractivity contribution in [1.82, 2.24) is 43.9 Å². The van der Waals surface area contributed by atoms with Gasteiger partial charge < -0.3 is 40.2 Å². The van der Waals surface area contributed by atoms with Crippen LogP contribution in [0, 0.1) is 5.92 Å². The van der Waals surface area contributed by atoms with Crippen molar-refractivity contribution in [3.63, 3.8) is 0 Å². The average Bonchev–Trinajstić information content (AvgIpc) is 4.07. The molecular weight excluding hydrogens is 901 g/mol. The molecule has 2 aliphatic rings. The van der Waals surface area contributed by atoms with Gasteiger partial charge in [-0.2, -0.15) is 0 Å². The third kappa shape index (κ3) is 14.1. The van der Waals surface area contributed by atoms with Crippen molar-refractivity contribution >= 4 is 47.7 Å². The minimum Gasteiger partial charge on any atom is -0.382 e. The van der Waals surface area contributed by atoms with E-state index in [0.717, 1.165) is 25.7 Å². The second-order valence-corrected chi connectivity index (χ2v) is 20.0. The summed E-state index contributed by atoms with van der Waals surface area (Å²) in [6, 6.07) is 0. The fourth-order valence-electron chi connectivity index (χ4n) is 9.24. The summed E-state index contributed by atoms with van der Waals surface area (Å²) in [5, 5.41) is 0. The highest BCUT2D eigenvalue weighted by Gasteiger charge is 2.52. The van der Waals surface area contributed by atoms with Crippen LogP contribution in [0.5, 0.6) is 0 Å². The molecule has 4 aromatic rings. The molecule has 380 valence electrons. The lowest BCUT2D eigenvalue weighted by Crippen LogP contribution is -2.45. The number of nitrogens with two attached hydrogens (primary N) is 2. The summed E-state index contributed by atoms with van der Waals surface area (Å²) in [5.41, 5.74) is 13.4. The van der Waals surface area contributed by atoms with Crippen molar-refractivity contribution in [2.24, 2.45) is 5.92 Å². The number of carbonyl (C=O) groups excluding carboxylic acids is 1. The maximum Gasteiger partial charge on any atom is 0.472 e. The first-order chi connectivity index (χ1) is 32.7. The first kappa shape index (κ1) is 53.4. The lowest BCUT2D eigenvalue weighted by Gasteiger charge is -2.31. The zero-order valence-electron chi connectivity index (χ0n) is 40.7. The molecule has 2 saturated heterocycles. The average molecular weight is 976 g/mol. The molecule has 2 aliphatic heterocycles. The van der Waals surface area contributed by atoms with E-state index in [1.54, 1.807) is 23.3 Å². The molecule has 0 bridgehead atoms. The van der Waals surface area contributed by atoms with Crippen LogP contribution in [0.4, 0.5) is 16.0 Å². The van der Waals surface area contributed by atoms with E-state index in [1.807, 2.05) is 13.8 Å². The molecule has 1 amide bonds. The Bertz CT molecular complexity index is 2220. The van der Waals surface area contributed by atoms with Crippen molar-refractivity contribution in [2.45, 2.75) is 193 Å². The molecule has 0 spiro atoms. The number of amides is 1. The number of alkyl halides is 1. The molecule has 6 heterocycles. The molecule has 0 saturated carbocycles. The Morgan fingerprint density at radius 2 is 1.28 bits per heavy atom. The zero-order chi connectivity index (χ0) is 48.8. The van der Waals surface area contributed by atoms with Crippen molar-refractivity contribution in [2.75, 3.05) is 38.3 Å². The highest BCUT2D eigenvalue weighted by atomic mass is 31.2. The molecule has 68 heavy (non-hydrogen) atoms. The quantitative estimate of drug-likeness (QED) is 0.0330. The second kappa shape index (κ2) is 25.8. The minimum atomic E-state index is -4.71. The van der Waals surface area contributed by atoms with E-state index in [1.165, 1.54) is 101 Å². The highest BCUT2D eigenvalue weighted by molar-refractivity contribution is 7.47. The van der Waals surface area contributed by atoms with Crippen LogP contribution in [0.3, 0.4) is 0 Å². The van der Waals surface area contributed by atoms with Gasteiger partial charge in [0.15, 0.2) is 41.6 Å². The number of phosphoric acid groups is 1. The van der Waals surface area contributed by atoms with Crippen LogP contribution in [0.15, 0.2) is 25.3 Å². The number of unbranched alkanes of at least 4 members (excludes halogenated alkanes) is 14. The fourth-order valence-corrected chi connectivity index (χ4v) is 10.4. The topological polar surface area (TPSA) is 252 Å². The maximum absolute atomic E-state index is 17.0. The maximum atomic E-state index is 17.0. The predicted octanol–water partition coefficient (Wildman–Crippen LogP) is 8.02. The number of nitrogens with zero attached hydrogens (tertiary/aromatic N) is 9. The molecule has 4 aromatic heterocycles. The number of imidazole rings is 2. The Balaban J connectivity index is 1.20. The molecule has 6 rings (SSSR count). The lowest BCUT2D eigenvalue weighted by atomic mass is 9.94. The van der Waals surface area contributed by atoms with Gasteiger partial charge in [0, 0.05) is 32.5 Å². The van der Waals surface area contributed by atoms with Gasteiger partial charge in [0.1, 0.15) is 42.0 Å². The summed E-state index contributed by atoms with van der Waals surface area (Å²) >= 11 is 0. The summed E-state index contributed by atoms with van der Waals surface area (Å²) in [6.45, 7) is 9.43. The number of methoxy groups -OCH3 is 1. The standard InChI is InChI=1S/C46H75FN11O9P/c1-7-8-9-10-11-12-13-14-15-16-17-18-19-20-21-22-56(35(59)23-32-34(25-63-30(2)3)65-45(36(32)47)57-28-54-37-41(48)50-26-52-43(37)57)24-33-39(67-68(60,61)66-31(4)5)40(62-6)46(64-33)58-29-55-38-42(49)51-27-53-44(38)58/h26-34,36,39-40,45-46H,7-25H2,1-6H3,(H,60,61)(H2,48,50,52)(H2,49,51,53)/t32-,33-,34-,36-,39-,40-,45-,46-/m1/s1. The van der Waals surface area contributed by atoms with Crippen molar-refractivity contribution in [1.29, 1.82) is 0 Å². The molecule has 2 fully saturated rings. The molecule has 0 radical (unpaired) electrons. The largest absolute Gasteiger partial charge is 0.472 e. The van der Waals surface area contributed by atoms with Crippen LogP contribution in [0.2, 0.25) is 0 Å². The van der Waals surface area contributed by atoms with E-state index in [0.29, 0.717) is 35.3 Å². The third-order valence-electron chi connectivity index (χ3n) is 12.7. The third-order valence-corrected chi connectivity index (χ3v) is 13.9. The number of rotatable bonds is 30. The van der Waals surface area contributed by atoms with Gasteiger partial charge in [-0.25, -0.2) is 38.9 Å². The van der Waals surface area contributed by atoms with E-state index in [4.69, 9.17) is 39.5 Å². The van der Waals surface area contributed by atoms with E-state index in [9.17, 15) is 14.3 Å². The minimum absolute atomic E-state index is 0.0305. The monoisotopic (exact) mass is 976 g/mol. The number of ether oxygens (including phenoxy) is 4. The van der Waals surface area contributed by atoms with Crippen LogP contribution in [-0.2, 0) is 37.4 Å². The molecule has 5 N–H and O–H groups in total. The summed E-state index contributed by atoms with van der Waals surface area (Å²) in [4.78, 5) is 52.9. The first-order valence-corrected chi connectivity index (χ1v) is 26.1. The van der Waals surface area contributed by atoms with Gasteiger partial charge in [-0.3, -0.25) is 23.0 Å². The van der Waals surface area contributed by atoms with Crippen LogP contribution < -0.4 is 11.5 Å². The Morgan fingerprint density at radius 1 is 0.765 bits per heavy atom. The zero-order valence-corrected chi connectivity index (χ0v) is 41.6. The van der Waals surface area contributed by atoms with E-state index >= 15 is 4.39 Å². The van der Waals surface area contributed by atoms with Crippen LogP contribution in [-0.4, -0.2) is 124 Å². The van der Waals surface area contributed by atoms with Crippen LogP contribution >= 0.6 is 7.82 Å². The lowest BCUT2D eigenvalue weighted by molar-refractivity contribution is -0.136. The number of phosphoric ester groups is 1. The van der Waals surface area contributed by atoms with Crippen molar-refractivity contribution in [3.8, 4) is 0 Å². The number of fused-ring (bicyclic) bond motifs is 2. The summed E-state index contributed by atoms with van der Waals surface area (Å²) < 4.78 is 69.8. The van der Waals surface area contributed by atoms with Crippen molar-refractivity contribution < 1.29 is 46.6 Å². The first-order valence-electron chi connectivity index (χ1n) is 24.7. The number of anilines is 2. The highest BCUT2D eigenvalue weighted by Crippen LogP contribution is 2.50. The molecule has 22 heteroatoms. The fraction of sp³-hybridized carbons (Fsp3) is 0.761. The van der Waals surface area contributed by atoms with Crippen molar-refractivity contribution in [3.05, 3.63) is 25.3 Å². The van der Waals surface area contributed by atoms with E-state index < -0.39 is 62.9 Å². The number of nitrogen functional groups attached to an aromatic ring is 2. The Morgan fingerprint density at radius 3 is 1.79 bits per heavy atom. The van der Waals surface area contributed by atoms with Gasteiger partial charge in [0.05, 0.1) is 37.6 Å². The van der Waals surface area contributed by atoms with E-state index in [-0.39, 0.29) is 43.2 Å². The van der Waals surface area contributed by atoms with Gasteiger partial charge in [0.25, 0.3) is 0 Å². The second-order valence-electron chi connectivity index (χ2n) is 18.7. The molecule has 0 aromatic carbocycles. The normalized spacial score (nSPS) is 24.0. The Labute approximate surface area is 399 Å². The van der Waals surface area contributed by atoms with Gasteiger partial charge in [-0.15, -0.1) is 0 Å². The van der Waals surface area contributed by atoms with E-state index in [2.05, 4.69) is 36.8 Å². The summed E-state index contributed by atoms with van der Waals surface area (Å²) in [5.74, 6) is -1.02. The van der Waals surface area contributed by atoms with Crippen LogP contribution in [0.25, 0.3) is 22.3 Å². The molecule has 9 atom stereocenters. The predicted molar refractivity (Wildman–Crippen MR) is 255 cm³/mol. The van der Waals surface area contributed by atoms with Gasteiger partial charge in [-0.1, -0.05) is 96.8 Å².